The van der Waals surface area contributed by atoms with Crippen LogP contribution in [0.1, 0.15) is 24.4 Å². The fourth-order valence-electron chi connectivity index (χ4n) is 2.58. The maximum Gasteiger partial charge on any atom is 0.262 e. The number of rotatable bonds is 2. The van der Waals surface area contributed by atoms with Gasteiger partial charge in [-0.1, -0.05) is 6.07 Å². The van der Waals surface area contributed by atoms with Crippen molar-refractivity contribution in [3.05, 3.63) is 23.8 Å². The summed E-state index contributed by atoms with van der Waals surface area (Å²) in [6.45, 7) is 0.0792. The first-order chi connectivity index (χ1) is 8.63. The molecule has 1 aliphatic carbocycles. The number of anilines is 1. The highest BCUT2D eigenvalue weighted by molar-refractivity contribution is 5.95. The number of hydrogen-bond acceptors (Lipinski definition) is 4. The van der Waals surface area contributed by atoms with Crippen molar-refractivity contribution in [1.29, 1.82) is 0 Å². The lowest BCUT2D eigenvalue weighted by Crippen LogP contribution is -2.41. The number of fused-ring (bicyclic) bond motifs is 1. The summed E-state index contributed by atoms with van der Waals surface area (Å²) in [5.74, 6) is 1.02. The van der Waals surface area contributed by atoms with Crippen molar-refractivity contribution in [3.8, 4) is 5.75 Å². The highest BCUT2D eigenvalue weighted by atomic mass is 16.5. The summed E-state index contributed by atoms with van der Waals surface area (Å²) in [5, 5.41) is 2.79. The van der Waals surface area contributed by atoms with Crippen molar-refractivity contribution < 1.29 is 9.53 Å². The van der Waals surface area contributed by atoms with Gasteiger partial charge in [0.1, 0.15) is 5.75 Å². The maximum absolute atomic E-state index is 11.3. The molecule has 0 saturated heterocycles. The minimum atomic E-state index is -0.126. The molecule has 1 saturated carbocycles. The Kier molecular flexibility index (Phi) is 2.72. The van der Waals surface area contributed by atoms with E-state index in [-0.39, 0.29) is 18.6 Å². The van der Waals surface area contributed by atoms with E-state index in [0.29, 0.717) is 23.4 Å². The number of nitrogens with two attached hydrogens (primary N) is 2. The average Bonchev–Trinajstić information content (AvgIpc) is 2.33. The standard InChI is InChI=1S/C13H17N3O2/c14-9-3-8(4-9)13(15)7-1-2-11-10(5-7)16-12(17)6-18-11/h1-2,5,8-9,13H,3-4,6,14-15H2,(H,16,17). The summed E-state index contributed by atoms with van der Waals surface area (Å²) >= 11 is 0. The quantitative estimate of drug-likeness (QED) is 0.719. The minimum absolute atomic E-state index is 0.0195. The smallest absolute Gasteiger partial charge is 0.262 e. The number of amides is 1. The fraction of sp³-hybridized carbons (Fsp3) is 0.462. The third kappa shape index (κ3) is 1.95. The SMILES string of the molecule is NC1CC(C(N)c2ccc3c(c2)NC(=O)CO3)C1. The Morgan fingerprint density at radius 2 is 2.17 bits per heavy atom. The molecule has 0 aromatic heterocycles. The van der Waals surface area contributed by atoms with Crippen LogP contribution >= 0.6 is 0 Å². The van der Waals surface area contributed by atoms with Gasteiger partial charge in [0.25, 0.3) is 5.91 Å². The summed E-state index contributed by atoms with van der Waals surface area (Å²) in [4.78, 5) is 11.3. The van der Waals surface area contributed by atoms with Gasteiger partial charge in [-0.2, -0.15) is 0 Å². The normalized spacial score (nSPS) is 27.6. The predicted molar refractivity (Wildman–Crippen MR) is 68.2 cm³/mol. The number of hydrogen-bond donors (Lipinski definition) is 3. The van der Waals surface area contributed by atoms with Gasteiger partial charge in [-0.15, -0.1) is 0 Å². The maximum atomic E-state index is 11.3. The highest BCUT2D eigenvalue weighted by Crippen LogP contribution is 2.38. The Labute approximate surface area is 105 Å². The third-order valence-electron chi connectivity index (χ3n) is 3.74. The molecule has 3 rings (SSSR count). The molecular formula is C13H17N3O2. The van der Waals surface area contributed by atoms with Crippen LogP contribution in [0, 0.1) is 5.92 Å². The molecule has 5 N–H and O–H groups in total. The molecule has 5 nitrogen and oxygen atoms in total. The van der Waals surface area contributed by atoms with Crippen LogP contribution in [0.3, 0.4) is 0 Å². The second-order valence-electron chi connectivity index (χ2n) is 5.11. The highest BCUT2D eigenvalue weighted by Gasteiger charge is 2.32. The lowest BCUT2D eigenvalue weighted by atomic mass is 9.74. The van der Waals surface area contributed by atoms with Gasteiger partial charge in [-0.25, -0.2) is 0 Å². The Balaban J connectivity index is 1.81. The Morgan fingerprint density at radius 3 is 2.89 bits per heavy atom. The first-order valence-electron chi connectivity index (χ1n) is 6.21. The van der Waals surface area contributed by atoms with Crippen molar-refractivity contribution in [2.24, 2.45) is 17.4 Å². The molecule has 0 spiro atoms. The van der Waals surface area contributed by atoms with Crippen LogP contribution in [0.25, 0.3) is 0 Å². The van der Waals surface area contributed by atoms with Gasteiger partial charge in [0.05, 0.1) is 5.69 Å². The van der Waals surface area contributed by atoms with Crippen molar-refractivity contribution >= 4 is 11.6 Å². The van der Waals surface area contributed by atoms with Gasteiger partial charge in [0.15, 0.2) is 6.61 Å². The zero-order valence-corrected chi connectivity index (χ0v) is 10.1. The first kappa shape index (κ1) is 11.5. The van der Waals surface area contributed by atoms with E-state index in [1.807, 2.05) is 18.2 Å². The molecular weight excluding hydrogens is 230 g/mol. The Hall–Kier alpha value is -1.59. The average molecular weight is 247 g/mol. The molecule has 5 heteroatoms. The van der Waals surface area contributed by atoms with E-state index in [1.54, 1.807) is 0 Å². The van der Waals surface area contributed by atoms with Gasteiger partial charge < -0.3 is 21.5 Å². The molecule has 1 unspecified atom stereocenters. The van der Waals surface area contributed by atoms with Gasteiger partial charge in [-0.3, -0.25) is 4.79 Å². The number of ether oxygens (including phenoxy) is 1. The molecule has 1 aromatic rings. The predicted octanol–water partition coefficient (Wildman–Crippen LogP) is 0.755. The van der Waals surface area contributed by atoms with E-state index in [2.05, 4.69) is 5.32 Å². The molecule has 1 aromatic carbocycles. The van der Waals surface area contributed by atoms with E-state index < -0.39 is 0 Å². The van der Waals surface area contributed by atoms with Crippen LogP contribution in [0.15, 0.2) is 18.2 Å². The van der Waals surface area contributed by atoms with Gasteiger partial charge in [-0.05, 0) is 36.5 Å². The topological polar surface area (TPSA) is 90.4 Å². The Morgan fingerprint density at radius 1 is 1.39 bits per heavy atom. The van der Waals surface area contributed by atoms with Crippen molar-refractivity contribution in [2.45, 2.75) is 24.9 Å². The van der Waals surface area contributed by atoms with E-state index >= 15 is 0 Å². The monoisotopic (exact) mass is 247 g/mol. The summed E-state index contributed by atoms with van der Waals surface area (Å²) < 4.78 is 5.32. The molecule has 2 aliphatic rings. The summed E-state index contributed by atoms with van der Waals surface area (Å²) in [6, 6.07) is 6.00. The molecule has 96 valence electrons. The molecule has 1 heterocycles. The van der Waals surface area contributed by atoms with Crippen molar-refractivity contribution in [2.75, 3.05) is 11.9 Å². The van der Waals surface area contributed by atoms with Gasteiger partial charge in [0.2, 0.25) is 0 Å². The molecule has 1 atom stereocenters. The summed E-state index contributed by atoms with van der Waals surface area (Å²) in [5.41, 5.74) is 13.7. The Bertz CT molecular complexity index is 483. The van der Waals surface area contributed by atoms with Gasteiger partial charge in [0, 0.05) is 12.1 Å². The molecule has 1 amide bonds. The fourth-order valence-corrected chi connectivity index (χ4v) is 2.58. The first-order valence-corrected chi connectivity index (χ1v) is 6.21. The third-order valence-corrected chi connectivity index (χ3v) is 3.74. The van der Waals surface area contributed by atoms with Crippen molar-refractivity contribution in [3.63, 3.8) is 0 Å². The van der Waals surface area contributed by atoms with Crippen LogP contribution in [0.4, 0.5) is 5.69 Å². The molecule has 0 radical (unpaired) electrons. The van der Waals surface area contributed by atoms with E-state index in [9.17, 15) is 4.79 Å². The van der Waals surface area contributed by atoms with E-state index in [1.165, 1.54) is 0 Å². The minimum Gasteiger partial charge on any atom is -0.482 e. The van der Waals surface area contributed by atoms with Crippen LogP contribution in [-0.2, 0) is 4.79 Å². The van der Waals surface area contributed by atoms with Crippen LogP contribution in [0.2, 0.25) is 0 Å². The lowest BCUT2D eigenvalue weighted by Gasteiger charge is -2.37. The van der Waals surface area contributed by atoms with Crippen LogP contribution < -0.4 is 21.5 Å². The lowest BCUT2D eigenvalue weighted by molar-refractivity contribution is -0.118. The molecule has 18 heavy (non-hydrogen) atoms. The van der Waals surface area contributed by atoms with E-state index in [4.69, 9.17) is 16.2 Å². The molecule has 1 fully saturated rings. The number of carbonyl (C=O) groups is 1. The summed E-state index contributed by atoms with van der Waals surface area (Å²) in [6.07, 6.45) is 1.95. The number of nitrogens with one attached hydrogen (secondary N) is 1. The number of carbonyl (C=O) groups excluding carboxylic acids is 1. The van der Waals surface area contributed by atoms with Crippen molar-refractivity contribution in [1.82, 2.24) is 0 Å². The van der Waals surface area contributed by atoms with Crippen LogP contribution in [0.5, 0.6) is 5.75 Å². The second-order valence-corrected chi connectivity index (χ2v) is 5.11. The molecule has 1 aliphatic heterocycles. The van der Waals surface area contributed by atoms with Gasteiger partial charge >= 0.3 is 0 Å². The van der Waals surface area contributed by atoms with Crippen LogP contribution in [-0.4, -0.2) is 18.6 Å². The zero-order chi connectivity index (χ0) is 12.7. The zero-order valence-electron chi connectivity index (χ0n) is 10.1. The van der Waals surface area contributed by atoms with E-state index in [0.717, 1.165) is 18.4 Å². The number of benzene rings is 1. The largest absolute Gasteiger partial charge is 0.482 e. The molecule has 0 bridgehead atoms. The second kappa shape index (κ2) is 4.26. The summed E-state index contributed by atoms with van der Waals surface area (Å²) in [7, 11) is 0.